The highest BCUT2D eigenvalue weighted by Crippen LogP contribution is 2.30. The Morgan fingerprint density at radius 1 is 0.649 bits per heavy atom. The van der Waals surface area contributed by atoms with Crippen molar-refractivity contribution in [1.29, 1.82) is 0 Å². The first kappa shape index (κ1) is 31.5. The third-order valence-electron chi connectivity index (χ3n) is 4.39. The van der Waals surface area contributed by atoms with Gasteiger partial charge in [-0.25, -0.2) is 14.4 Å². The molecule has 1 aromatic rings. The average Bonchev–Trinajstić information content (AvgIpc) is 2.73. The maximum absolute atomic E-state index is 12.5. The molecule has 0 aliphatic carbocycles. The zero-order chi connectivity index (χ0) is 28.3. The second-order valence-corrected chi connectivity index (χ2v) is 9.01. The van der Waals surface area contributed by atoms with Crippen LogP contribution in [0.15, 0.2) is 18.2 Å². The van der Waals surface area contributed by atoms with Crippen LogP contribution in [0.1, 0.15) is 61.0 Å². The quantitative estimate of drug-likeness (QED) is 0.247. The lowest BCUT2D eigenvalue weighted by Crippen LogP contribution is -2.39. The van der Waals surface area contributed by atoms with Crippen LogP contribution in [0, 0.1) is 0 Å². The zero-order valence-electron chi connectivity index (χ0n) is 22.5. The number of ether oxygens (including phenoxy) is 7. The van der Waals surface area contributed by atoms with E-state index in [1.54, 1.807) is 55.4 Å². The fourth-order valence-electron chi connectivity index (χ4n) is 2.63. The number of carbonyl (C=O) groups excluding carboxylic acids is 4. The highest BCUT2D eigenvalue weighted by atomic mass is 16.8. The lowest BCUT2D eigenvalue weighted by atomic mass is 10.1. The molecule has 0 heterocycles. The number of rotatable bonds is 11. The highest BCUT2D eigenvalue weighted by Gasteiger charge is 2.26. The van der Waals surface area contributed by atoms with Gasteiger partial charge in [0.15, 0.2) is 11.5 Å². The summed E-state index contributed by atoms with van der Waals surface area (Å²) in [6, 6.07) is 3.17. The summed E-state index contributed by atoms with van der Waals surface area (Å²) in [7, 11) is 0. The van der Waals surface area contributed by atoms with E-state index in [-0.39, 0.29) is 24.0 Å². The van der Waals surface area contributed by atoms with Crippen LogP contribution in [0.2, 0.25) is 0 Å². The monoisotopic (exact) mass is 527 g/mol. The van der Waals surface area contributed by atoms with Crippen molar-refractivity contribution in [3.05, 3.63) is 23.8 Å². The van der Waals surface area contributed by atoms with Gasteiger partial charge in [0.1, 0.15) is 18.2 Å². The number of hydrogen-bond donors (Lipinski definition) is 1. The first-order valence-corrected chi connectivity index (χ1v) is 11.9. The topological polar surface area (TPSA) is 159 Å². The standard InChI is InChI=1S/C25H37NO11/c1-13(2)31-23(28)35-17(8)16(7)34-22(27)19(26)11-18-9-10-20(36-24(29)32-14(3)4)21(12-18)37-25(30)33-15(5)6/h9-10,12-17,19H,11,26H2,1-8H3/t16-,17-,19-/m0/s1. The molecule has 0 saturated heterocycles. The molecule has 12 heteroatoms. The smallest absolute Gasteiger partial charge is 0.458 e. The second-order valence-electron chi connectivity index (χ2n) is 9.01. The van der Waals surface area contributed by atoms with Gasteiger partial charge in [-0.3, -0.25) is 4.79 Å². The van der Waals surface area contributed by atoms with Crippen LogP contribution in [0.4, 0.5) is 14.4 Å². The Bertz CT molecular complexity index is 929. The molecular formula is C25H37NO11. The lowest BCUT2D eigenvalue weighted by molar-refractivity contribution is -0.155. The van der Waals surface area contributed by atoms with E-state index < -0.39 is 54.9 Å². The molecule has 0 aromatic heterocycles. The first-order chi connectivity index (χ1) is 17.2. The minimum atomic E-state index is -1.11. The molecule has 0 unspecified atom stereocenters. The van der Waals surface area contributed by atoms with Gasteiger partial charge in [0.05, 0.1) is 18.3 Å². The summed E-state index contributed by atoms with van der Waals surface area (Å²) >= 11 is 0. The molecule has 0 spiro atoms. The Morgan fingerprint density at radius 3 is 1.62 bits per heavy atom. The molecule has 0 radical (unpaired) electrons. The van der Waals surface area contributed by atoms with Gasteiger partial charge in [0.2, 0.25) is 0 Å². The van der Waals surface area contributed by atoms with E-state index in [2.05, 4.69) is 0 Å². The Morgan fingerprint density at radius 2 is 1.11 bits per heavy atom. The van der Waals surface area contributed by atoms with Gasteiger partial charge in [-0.15, -0.1) is 0 Å². The Balaban J connectivity index is 2.91. The van der Waals surface area contributed by atoms with Crippen LogP contribution in [0.5, 0.6) is 11.5 Å². The largest absolute Gasteiger partial charge is 0.514 e. The maximum atomic E-state index is 12.5. The van der Waals surface area contributed by atoms with Crippen LogP contribution >= 0.6 is 0 Å². The molecule has 0 saturated carbocycles. The van der Waals surface area contributed by atoms with Crippen LogP contribution < -0.4 is 15.2 Å². The summed E-state index contributed by atoms with van der Waals surface area (Å²) in [6.45, 7) is 13.0. The van der Waals surface area contributed by atoms with Crippen molar-refractivity contribution in [2.24, 2.45) is 5.73 Å². The van der Waals surface area contributed by atoms with Gasteiger partial charge in [-0.2, -0.15) is 0 Å². The fraction of sp³-hybridized carbons (Fsp3) is 0.600. The second kappa shape index (κ2) is 14.9. The number of nitrogens with two attached hydrogens (primary N) is 1. The van der Waals surface area contributed by atoms with Crippen LogP contribution in [-0.2, 0) is 34.9 Å². The van der Waals surface area contributed by atoms with Gasteiger partial charge in [0, 0.05) is 0 Å². The van der Waals surface area contributed by atoms with Crippen LogP contribution in [-0.4, -0.2) is 61.0 Å². The molecule has 208 valence electrons. The zero-order valence-corrected chi connectivity index (χ0v) is 22.5. The molecule has 1 rings (SSSR count). The predicted octanol–water partition coefficient (Wildman–Crippen LogP) is 4.29. The van der Waals surface area contributed by atoms with Crippen molar-refractivity contribution in [2.45, 2.75) is 98.4 Å². The summed E-state index contributed by atoms with van der Waals surface area (Å²) in [5, 5.41) is 0. The summed E-state index contributed by atoms with van der Waals surface area (Å²) in [6.07, 6.45) is -5.71. The van der Waals surface area contributed by atoms with Crippen LogP contribution in [0.25, 0.3) is 0 Å². The minimum Gasteiger partial charge on any atom is -0.458 e. The first-order valence-electron chi connectivity index (χ1n) is 11.9. The van der Waals surface area contributed by atoms with E-state index in [1.165, 1.54) is 18.2 Å². The molecule has 1 aromatic carbocycles. The molecule has 37 heavy (non-hydrogen) atoms. The summed E-state index contributed by atoms with van der Waals surface area (Å²) in [5.41, 5.74) is 6.48. The van der Waals surface area contributed by atoms with Crippen molar-refractivity contribution >= 4 is 24.4 Å². The molecule has 2 N–H and O–H groups in total. The van der Waals surface area contributed by atoms with E-state index in [0.29, 0.717) is 5.56 Å². The summed E-state index contributed by atoms with van der Waals surface area (Å²) < 4.78 is 35.6. The predicted molar refractivity (Wildman–Crippen MR) is 130 cm³/mol. The van der Waals surface area contributed by atoms with E-state index >= 15 is 0 Å². The Kier molecular flexibility index (Phi) is 12.7. The molecule has 12 nitrogen and oxygen atoms in total. The van der Waals surface area contributed by atoms with Crippen molar-refractivity contribution < 1.29 is 52.3 Å². The molecule has 0 bridgehead atoms. The highest BCUT2D eigenvalue weighted by molar-refractivity contribution is 5.76. The third-order valence-corrected chi connectivity index (χ3v) is 4.39. The van der Waals surface area contributed by atoms with E-state index in [9.17, 15) is 19.2 Å². The maximum Gasteiger partial charge on any atom is 0.514 e. The molecule has 0 aliphatic heterocycles. The minimum absolute atomic E-state index is 0.0114. The number of esters is 1. The molecule has 0 amide bonds. The van der Waals surface area contributed by atoms with E-state index in [4.69, 9.17) is 38.9 Å². The molecular weight excluding hydrogens is 490 g/mol. The Hall–Kier alpha value is -3.54. The van der Waals surface area contributed by atoms with Crippen molar-refractivity contribution in [2.75, 3.05) is 0 Å². The molecule has 3 atom stereocenters. The van der Waals surface area contributed by atoms with Crippen molar-refractivity contribution in [3.63, 3.8) is 0 Å². The SMILES string of the molecule is CC(C)OC(=O)Oc1ccc(C[C@H](N)C(=O)O[C@@H](C)[C@H](C)OC(=O)OC(C)C)cc1OC(=O)OC(C)C. The van der Waals surface area contributed by atoms with Gasteiger partial charge in [0.25, 0.3) is 0 Å². The number of benzene rings is 1. The van der Waals surface area contributed by atoms with Gasteiger partial charge in [-0.05, 0) is 79.5 Å². The number of hydrogen-bond acceptors (Lipinski definition) is 12. The van der Waals surface area contributed by atoms with Crippen LogP contribution in [0.3, 0.4) is 0 Å². The van der Waals surface area contributed by atoms with Crippen molar-refractivity contribution in [1.82, 2.24) is 0 Å². The van der Waals surface area contributed by atoms with E-state index in [0.717, 1.165) is 0 Å². The Labute approximate surface area is 216 Å². The number of carbonyl (C=O) groups is 4. The summed E-state index contributed by atoms with van der Waals surface area (Å²) in [4.78, 5) is 48.1. The summed E-state index contributed by atoms with van der Waals surface area (Å²) in [5.74, 6) is -0.981. The van der Waals surface area contributed by atoms with E-state index in [1.807, 2.05) is 0 Å². The molecule has 0 fully saturated rings. The average molecular weight is 528 g/mol. The van der Waals surface area contributed by atoms with Gasteiger partial charge >= 0.3 is 24.4 Å². The van der Waals surface area contributed by atoms with Gasteiger partial charge in [-0.1, -0.05) is 6.07 Å². The van der Waals surface area contributed by atoms with Gasteiger partial charge < -0.3 is 38.9 Å². The van der Waals surface area contributed by atoms with Crippen molar-refractivity contribution in [3.8, 4) is 11.5 Å². The molecule has 0 aliphatic rings. The lowest BCUT2D eigenvalue weighted by Gasteiger charge is -2.22. The normalized spacial score (nSPS) is 13.4. The third kappa shape index (κ3) is 12.3. The fourth-order valence-corrected chi connectivity index (χ4v) is 2.63.